The molecular weight excluding hydrogens is 304 g/mol. The third-order valence-electron chi connectivity index (χ3n) is 5.11. The van der Waals surface area contributed by atoms with Crippen LogP contribution in [-0.2, 0) is 20.9 Å². The van der Waals surface area contributed by atoms with Crippen molar-refractivity contribution in [2.45, 2.75) is 39.4 Å². The Morgan fingerprint density at radius 3 is 2.62 bits per heavy atom. The Kier molecular flexibility index (Phi) is 5.19. The van der Waals surface area contributed by atoms with Gasteiger partial charge in [0.2, 0.25) is 11.8 Å². The molecule has 0 unspecified atom stereocenters. The van der Waals surface area contributed by atoms with E-state index in [0.29, 0.717) is 26.2 Å². The van der Waals surface area contributed by atoms with Crippen LogP contribution in [0, 0.1) is 12.8 Å². The summed E-state index contributed by atoms with van der Waals surface area (Å²) < 4.78 is 5.91. The van der Waals surface area contributed by atoms with Crippen molar-refractivity contribution in [3.8, 4) is 0 Å². The number of amides is 2. The Morgan fingerprint density at radius 2 is 1.92 bits per heavy atom. The van der Waals surface area contributed by atoms with Crippen LogP contribution >= 0.6 is 0 Å². The zero-order valence-electron chi connectivity index (χ0n) is 14.5. The lowest BCUT2D eigenvalue weighted by molar-refractivity contribution is -0.153. The van der Waals surface area contributed by atoms with Crippen LogP contribution in [0.5, 0.6) is 0 Å². The van der Waals surface area contributed by atoms with Crippen molar-refractivity contribution in [2.24, 2.45) is 5.92 Å². The van der Waals surface area contributed by atoms with Gasteiger partial charge in [0.1, 0.15) is 0 Å². The highest BCUT2D eigenvalue weighted by molar-refractivity contribution is 5.81. The number of hydrogen-bond acceptors (Lipinski definition) is 3. The lowest BCUT2D eigenvalue weighted by Gasteiger charge is -2.42. The predicted molar refractivity (Wildman–Crippen MR) is 91.3 cm³/mol. The molecule has 2 aliphatic heterocycles. The smallest absolute Gasteiger partial charge is 0.227 e. The average Bonchev–Trinajstić information content (AvgIpc) is 2.54. The van der Waals surface area contributed by atoms with Gasteiger partial charge in [-0.1, -0.05) is 24.3 Å². The molecule has 0 N–H and O–H groups in total. The summed E-state index contributed by atoms with van der Waals surface area (Å²) in [5, 5.41) is 0. The van der Waals surface area contributed by atoms with Crippen molar-refractivity contribution in [1.82, 2.24) is 9.80 Å². The van der Waals surface area contributed by atoms with E-state index in [1.807, 2.05) is 17.0 Å². The van der Waals surface area contributed by atoms with Crippen LogP contribution < -0.4 is 0 Å². The minimum atomic E-state index is -0.0417. The predicted octanol–water partition coefficient (Wildman–Crippen LogP) is 1.98. The van der Waals surface area contributed by atoms with Crippen LogP contribution in [0.4, 0.5) is 0 Å². The molecule has 2 aliphatic rings. The third-order valence-corrected chi connectivity index (χ3v) is 5.11. The van der Waals surface area contributed by atoms with E-state index < -0.39 is 0 Å². The molecule has 5 nitrogen and oxygen atoms in total. The molecule has 2 fully saturated rings. The molecule has 0 aliphatic carbocycles. The van der Waals surface area contributed by atoms with E-state index in [1.54, 1.807) is 11.8 Å². The van der Waals surface area contributed by atoms with Crippen LogP contribution in [-0.4, -0.2) is 53.9 Å². The van der Waals surface area contributed by atoms with Crippen LogP contribution in [0.1, 0.15) is 30.9 Å². The van der Waals surface area contributed by atoms with E-state index in [0.717, 1.165) is 19.4 Å². The van der Waals surface area contributed by atoms with Crippen molar-refractivity contribution in [2.75, 3.05) is 26.2 Å². The molecule has 2 amide bonds. The SMILES string of the molecule is CC(=O)N1CCC[C@H](C(=O)N2CC(OCc3ccccc3C)C2)C1. The summed E-state index contributed by atoms with van der Waals surface area (Å²) in [6, 6.07) is 8.21. The van der Waals surface area contributed by atoms with Gasteiger partial charge < -0.3 is 14.5 Å². The second kappa shape index (κ2) is 7.34. The highest BCUT2D eigenvalue weighted by Gasteiger charge is 2.37. The normalized spacial score (nSPS) is 21.5. The zero-order valence-corrected chi connectivity index (χ0v) is 14.5. The maximum Gasteiger partial charge on any atom is 0.227 e. The summed E-state index contributed by atoms with van der Waals surface area (Å²) in [5.41, 5.74) is 2.43. The molecule has 2 saturated heterocycles. The molecule has 0 radical (unpaired) electrons. The number of rotatable bonds is 4. The fraction of sp³-hybridized carbons (Fsp3) is 0.579. The summed E-state index contributed by atoms with van der Waals surface area (Å²) in [4.78, 5) is 27.7. The maximum absolute atomic E-state index is 12.6. The summed E-state index contributed by atoms with van der Waals surface area (Å²) in [6.45, 7) is 6.94. The Hall–Kier alpha value is -1.88. The van der Waals surface area contributed by atoms with Crippen LogP contribution in [0.25, 0.3) is 0 Å². The fourth-order valence-corrected chi connectivity index (χ4v) is 3.43. The zero-order chi connectivity index (χ0) is 17.1. The van der Waals surface area contributed by atoms with Gasteiger partial charge in [0.05, 0.1) is 18.6 Å². The fourth-order valence-electron chi connectivity index (χ4n) is 3.43. The van der Waals surface area contributed by atoms with Crippen molar-refractivity contribution in [3.63, 3.8) is 0 Å². The first-order valence-corrected chi connectivity index (χ1v) is 8.75. The van der Waals surface area contributed by atoms with Crippen molar-refractivity contribution >= 4 is 11.8 Å². The molecule has 0 bridgehead atoms. The molecule has 5 heteroatoms. The van der Waals surface area contributed by atoms with E-state index in [1.165, 1.54) is 11.1 Å². The van der Waals surface area contributed by atoms with Crippen LogP contribution in [0.2, 0.25) is 0 Å². The lowest BCUT2D eigenvalue weighted by Crippen LogP contribution is -2.58. The molecule has 0 aromatic heterocycles. The number of likely N-dealkylation sites (tertiary alicyclic amines) is 2. The molecule has 0 spiro atoms. The molecule has 130 valence electrons. The van der Waals surface area contributed by atoms with E-state index in [9.17, 15) is 9.59 Å². The molecule has 1 atom stereocenters. The van der Waals surface area contributed by atoms with Gasteiger partial charge >= 0.3 is 0 Å². The number of aryl methyl sites for hydroxylation is 1. The van der Waals surface area contributed by atoms with Crippen molar-refractivity contribution in [3.05, 3.63) is 35.4 Å². The van der Waals surface area contributed by atoms with Gasteiger partial charge in [-0.25, -0.2) is 0 Å². The molecule has 3 rings (SSSR count). The van der Waals surface area contributed by atoms with Crippen LogP contribution in [0.3, 0.4) is 0 Å². The topological polar surface area (TPSA) is 49.9 Å². The molecule has 1 aromatic carbocycles. The number of ether oxygens (including phenoxy) is 1. The first-order chi connectivity index (χ1) is 11.5. The largest absolute Gasteiger partial charge is 0.370 e. The standard InChI is InChI=1S/C19H26N2O3/c1-14-6-3-4-7-17(14)13-24-18-11-21(12-18)19(23)16-8-5-9-20(10-16)15(2)22/h3-4,6-7,16,18H,5,8-13H2,1-2H3/t16-/m0/s1. The number of carbonyl (C=O) groups is 2. The Bertz CT molecular complexity index is 610. The minimum Gasteiger partial charge on any atom is -0.370 e. The minimum absolute atomic E-state index is 0.0417. The Balaban J connectivity index is 1.43. The molecule has 2 heterocycles. The molecular formula is C19H26N2O3. The molecule has 1 aromatic rings. The van der Waals surface area contributed by atoms with Crippen molar-refractivity contribution < 1.29 is 14.3 Å². The summed E-state index contributed by atoms with van der Waals surface area (Å²) in [5.74, 6) is 0.201. The highest BCUT2D eigenvalue weighted by atomic mass is 16.5. The van der Waals surface area contributed by atoms with E-state index in [4.69, 9.17) is 4.74 Å². The van der Waals surface area contributed by atoms with Gasteiger partial charge in [-0.15, -0.1) is 0 Å². The van der Waals surface area contributed by atoms with Gasteiger partial charge in [0.15, 0.2) is 0 Å². The van der Waals surface area contributed by atoms with E-state index in [-0.39, 0.29) is 23.8 Å². The van der Waals surface area contributed by atoms with E-state index in [2.05, 4.69) is 19.1 Å². The average molecular weight is 330 g/mol. The number of piperidine rings is 1. The quantitative estimate of drug-likeness (QED) is 0.848. The van der Waals surface area contributed by atoms with E-state index >= 15 is 0 Å². The van der Waals surface area contributed by atoms with Gasteiger partial charge in [-0.3, -0.25) is 9.59 Å². The lowest BCUT2D eigenvalue weighted by atomic mass is 9.95. The van der Waals surface area contributed by atoms with Gasteiger partial charge in [0.25, 0.3) is 0 Å². The summed E-state index contributed by atoms with van der Waals surface area (Å²) >= 11 is 0. The van der Waals surface area contributed by atoms with Gasteiger partial charge in [0, 0.05) is 33.1 Å². The Labute approximate surface area is 143 Å². The van der Waals surface area contributed by atoms with Crippen molar-refractivity contribution in [1.29, 1.82) is 0 Å². The summed E-state index contributed by atoms with van der Waals surface area (Å²) in [6.07, 6.45) is 1.92. The monoisotopic (exact) mass is 330 g/mol. The second-order valence-electron chi connectivity index (χ2n) is 6.91. The Morgan fingerprint density at radius 1 is 1.17 bits per heavy atom. The number of nitrogens with zero attached hydrogens (tertiary/aromatic N) is 2. The third kappa shape index (κ3) is 3.78. The maximum atomic E-state index is 12.6. The first-order valence-electron chi connectivity index (χ1n) is 8.75. The van der Waals surface area contributed by atoms with Crippen LogP contribution in [0.15, 0.2) is 24.3 Å². The first kappa shape index (κ1) is 17.0. The second-order valence-corrected chi connectivity index (χ2v) is 6.91. The molecule has 0 saturated carbocycles. The number of benzene rings is 1. The van der Waals surface area contributed by atoms with Gasteiger partial charge in [-0.2, -0.15) is 0 Å². The number of carbonyl (C=O) groups excluding carboxylic acids is 2. The highest BCUT2D eigenvalue weighted by Crippen LogP contribution is 2.23. The van der Waals surface area contributed by atoms with Gasteiger partial charge in [-0.05, 0) is 30.9 Å². The summed E-state index contributed by atoms with van der Waals surface area (Å²) in [7, 11) is 0. The molecule has 24 heavy (non-hydrogen) atoms. The number of hydrogen-bond donors (Lipinski definition) is 0.